The highest BCUT2D eigenvalue weighted by atomic mass is 32.1. The Morgan fingerprint density at radius 3 is 2.46 bits per heavy atom. The number of nitrogens with zero attached hydrogens (tertiary/aromatic N) is 2. The molecule has 0 saturated heterocycles. The maximum Gasteiger partial charge on any atom is 0.143 e. The molecule has 2 aliphatic rings. The summed E-state index contributed by atoms with van der Waals surface area (Å²) in [4.78, 5) is 1.95. The normalized spacial score (nSPS) is 18.3. The van der Waals surface area contributed by atoms with Gasteiger partial charge < -0.3 is 11.1 Å². The molecule has 1 atom stereocenters. The molecule has 0 radical (unpaired) electrons. The number of hydrazone groups is 1. The van der Waals surface area contributed by atoms with E-state index in [-0.39, 0.29) is 12.0 Å². The third-order valence-corrected chi connectivity index (χ3v) is 6.27. The average molecular weight is 404 g/mol. The van der Waals surface area contributed by atoms with Gasteiger partial charge in [0.1, 0.15) is 12.0 Å². The molecule has 1 aromatic rings. The number of nitrogens with one attached hydrogen (secondary N) is 3. The second-order valence-corrected chi connectivity index (χ2v) is 8.14. The van der Waals surface area contributed by atoms with Crippen LogP contribution < -0.4 is 22.3 Å². The summed E-state index contributed by atoms with van der Waals surface area (Å²) in [5.41, 5.74) is 13.8. The number of nitrogens with two attached hydrogens (primary N) is 2. The molecule has 28 heavy (non-hydrogen) atoms. The molecule has 0 saturated carbocycles. The van der Waals surface area contributed by atoms with E-state index in [9.17, 15) is 0 Å². The van der Waals surface area contributed by atoms with Gasteiger partial charge in [-0.25, -0.2) is 5.01 Å². The number of allylic oxidation sites excluding steroid dienone is 2. The van der Waals surface area contributed by atoms with Crippen LogP contribution in [0.4, 0.5) is 0 Å². The first-order valence-electron chi connectivity index (χ1n) is 9.64. The van der Waals surface area contributed by atoms with E-state index >= 15 is 0 Å². The van der Waals surface area contributed by atoms with Crippen LogP contribution in [0.3, 0.4) is 0 Å². The van der Waals surface area contributed by atoms with Crippen LogP contribution in [0.5, 0.6) is 0 Å². The molecular formula is C20H33N7S. The molecule has 0 fully saturated rings. The first kappa shape index (κ1) is 22.1. The van der Waals surface area contributed by atoms with Crippen molar-refractivity contribution >= 4 is 28.6 Å². The number of hydrogen-bond donors (Lipinski definition) is 5. The largest absolute Gasteiger partial charge is 0.383 e. The molecule has 0 bridgehead atoms. The van der Waals surface area contributed by atoms with Crippen LogP contribution in [-0.4, -0.2) is 29.8 Å². The Bertz CT molecular complexity index is 815. The summed E-state index contributed by atoms with van der Waals surface area (Å²) in [5, 5.41) is 18.3. The monoisotopic (exact) mass is 403 g/mol. The Kier molecular flexibility index (Phi) is 7.40. The fraction of sp³-hybridized carbons (Fsp3) is 0.500. The van der Waals surface area contributed by atoms with Crippen LogP contribution >= 0.6 is 11.3 Å². The summed E-state index contributed by atoms with van der Waals surface area (Å²) >= 11 is 1.57. The Morgan fingerprint density at radius 1 is 1.36 bits per heavy atom. The second kappa shape index (κ2) is 9.36. The number of fused-ring (bicyclic) bond motifs is 1. The van der Waals surface area contributed by atoms with E-state index < -0.39 is 0 Å². The minimum Gasteiger partial charge on any atom is -0.383 e. The van der Waals surface area contributed by atoms with Gasteiger partial charge >= 0.3 is 0 Å². The van der Waals surface area contributed by atoms with Crippen molar-refractivity contribution in [1.29, 1.82) is 5.41 Å². The highest BCUT2D eigenvalue weighted by molar-refractivity contribution is 7.15. The van der Waals surface area contributed by atoms with Crippen molar-refractivity contribution in [3.63, 3.8) is 0 Å². The van der Waals surface area contributed by atoms with Gasteiger partial charge in [-0.15, -0.1) is 11.3 Å². The van der Waals surface area contributed by atoms with Gasteiger partial charge in [-0.1, -0.05) is 13.8 Å². The number of aryl methyl sites for hydroxylation is 1. The molecule has 1 aromatic heterocycles. The Morgan fingerprint density at radius 2 is 1.96 bits per heavy atom. The van der Waals surface area contributed by atoms with Gasteiger partial charge in [0, 0.05) is 5.70 Å². The summed E-state index contributed by atoms with van der Waals surface area (Å²) in [6, 6.07) is 1.99. The van der Waals surface area contributed by atoms with Crippen molar-refractivity contribution in [2.75, 3.05) is 7.05 Å². The van der Waals surface area contributed by atoms with Crippen molar-refractivity contribution in [3.8, 4) is 0 Å². The van der Waals surface area contributed by atoms with E-state index in [4.69, 9.17) is 16.2 Å². The minimum absolute atomic E-state index is 0.0888. The lowest BCUT2D eigenvalue weighted by molar-refractivity contribution is 0.309. The molecule has 154 valence electrons. The summed E-state index contributed by atoms with van der Waals surface area (Å²) in [5.74, 6) is 5.27. The molecule has 0 amide bonds. The highest BCUT2D eigenvalue weighted by Crippen LogP contribution is 2.41. The molecule has 0 aromatic carbocycles. The van der Waals surface area contributed by atoms with E-state index in [1.807, 2.05) is 6.07 Å². The Hall–Kier alpha value is -2.16. The molecule has 3 rings (SSSR count). The SMILES string of the molecule is CCC(CC)C1=CC(C)=NN2C(c3sc(C(=N)N)cc3C)=C(C)NC12.CNN. The van der Waals surface area contributed by atoms with Crippen LogP contribution in [0.15, 0.2) is 28.5 Å². The smallest absolute Gasteiger partial charge is 0.143 e. The van der Waals surface area contributed by atoms with E-state index in [1.165, 1.54) is 5.57 Å². The van der Waals surface area contributed by atoms with Gasteiger partial charge in [-0.2, -0.15) is 5.10 Å². The summed E-state index contributed by atoms with van der Waals surface area (Å²) in [7, 11) is 1.65. The fourth-order valence-electron chi connectivity index (χ4n) is 3.71. The fourth-order valence-corrected chi connectivity index (χ4v) is 4.84. The van der Waals surface area contributed by atoms with E-state index in [0.717, 1.165) is 45.3 Å². The number of rotatable bonds is 5. The third kappa shape index (κ3) is 4.29. The van der Waals surface area contributed by atoms with Crippen LogP contribution in [-0.2, 0) is 0 Å². The zero-order chi connectivity index (χ0) is 21.0. The van der Waals surface area contributed by atoms with Gasteiger partial charge in [0.15, 0.2) is 0 Å². The van der Waals surface area contributed by atoms with Crippen molar-refractivity contribution in [2.45, 2.75) is 53.6 Å². The maximum atomic E-state index is 7.73. The van der Waals surface area contributed by atoms with Crippen molar-refractivity contribution in [3.05, 3.63) is 38.7 Å². The van der Waals surface area contributed by atoms with E-state index in [1.54, 1.807) is 18.4 Å². The van der Waals surface area contributed by atoms with Crippen LogP contribution in [0.25, 0.3) is 5.70 Å². The molecule has 0 aliphatic carbocycles. The zero-order valence-corrected chi connectivity index (χ0v) is 18.5. The number of nitrogen functional groups attached to an aromatic ring is 1. The van der Waals surface area contributed by atoms with Crippen LogP contribution in [0, 0.1) is 18.3 Å². The lowest BCUT2D eigenvalue weighted by Gasteiger charge is -2.33. The molecule has 3 heterocycles. The molecule has 7 nitrogen and oxygen atoms in total. The van der Waals surface area contributed by atoms with E-state index in [0.29, 0.717) is 5.92 Å². The first-order valence-corrected chi connectivity index (χ1v) is 10.5. The van der Waals surface area contributed by atoms with Crippen LogP contribution in [0.2, 0.25) is 0 Å². The lowest BCUT2D eigenvalue weighted by Crippen LogP contribution is -2.40. The number of amidine groups is 1. The standard InChI is InChI=1S/C19H27N5S.CH6N2/c1-6-13(7-2)14-9-11(4)23-24-16(12(5)22-19(14)24)17-10(3)8-15(25-17)18(20)21;1-3-2/h8-9,13,19,22H,6-7H2,1-5H3,(H3,20,21);3H,2H2,1H3. The van der Waals surface area contributed by atoms with Crippen molar-refractivity contribution < 1.29 is 0 Å². The minimum atomic E-state index is 0.0888. The zero-order valence-electron chi connectivity index (χ0n) is 17.7. The first-order chi connectivity index (χ1) is 13.3. The molecule has 7 N–H and O–H groups in total. The highest BCUT2D eigenvalue weighted by Gasteiger charge is 2.38. The molecular weight excluding hydrogens is 370 g/mol. The topological polar surface area (TPSA) is 116 Å². The number of hydrogen-bond acceptors (Lipinski definition) is 7. The van der Waals surface area contributed by atoms with Crippen molar-refractivity contribution in [2.24, 2.45) is 22.6 Å². The maximum absolute atomic E-state index is 7.73. The van der Waals surface area contributed by atoms with Gasteiger partial charge in [0.25, 0.3) is 0 Å². The van der Waals surface area contributed by atoms with Crippen molar-refractivity contribution in [1.82, 2.24) is 15.8 Å². The lowest BCUT2D eigenvalue weighted by atomic mass is 9.89. The summed E-state index contributed by atoms with van der Waals surface area (Å²) in [6.45, 7) is 10.7. The summed E-state index contributed by atoms with van der Waals surface area (Å²) in [6.07, 6.45) is 4.58. The Balaban J connectivity index is 0.000000878. The molecule has 0 spiro atoms. The molecule has 8 heteroatoms. The van der Waals surface area contributed by atoms with E-state index in [2.05, 4.69) is 62.3 Å². The quantitative estimate of drug-likeness (QED) is 0.224. The van der Waals surface area contributed by atoms with Gasteiger partial charge in [0.05, 0.1) is 21.2 Å². The molecule has 2 aliphatic heterocycles. The predicted octanol–water partition coefficient (Wildman–Crippen LogP) is 3.09. The number of thiophene rings is 1. The van der Waals surface area contributed by atoms with Gasteiger partial charge in [-0.05, 0) is 69.9 Å². The average Bonchev–Trinajstić information content (AvgIpc) is 3.16. The third-order valence-electron chi connectivity index (χ3n) is 4.99. The Labute approximate surface area is 172 Å². The predicted molar refractivity (Wildman–Crippen MR) is 120 cm³/mol. The van der Waals surface area contributed by atoms with Crippen LogP contribution in [0.1, 0.15) is 55.9 Å². The second-order valence-electron chi connectivity index (χ2n) is 7.09. The summed E-state index contributed by atoms with van der Waals surface area (Å²) < 4.78 is 0. The van der Waals surface area contributed by atoms with Gasteiger partial charge in [-0.3, -0.25) is 16.7 Å². The molecule has 1 unspecified atom stereocenters. The van der Waals surface area contributed by atoms with Gasteiger partial charge in [0.2, 0.25) is 0 Å². The number of hydrazine groups is 1.